The minimum Gasteiger partial charge on any atom is -0.237 e. The molecule has 17 heavy (non-hydrogen) atoms. The third-order valence-electron chi connectivity index (χ3n) is 2.56. The molecule has 0 atom stereocenters. The van der Waals surface area contributed by atoms with Crippen LogP contribution in [0.25, 0.3) is 16.9 Å². The van der Waals surface area contributed by atoms with E-state index in [1.807, 2.05) is 36.5 Å². The van der Waals surface area contributed by atoms with Gasteiger partial charge in [-0.05, 0) is 12.1 Å². The Morgan fingerprint density at radius 3 is 2.88 bits per heavy atom. The fourth-order valence-corrected chi connectivity index (χ4v) is 1.77. The minimum atomic E-state index is 0.621. The minimum absolute atomic E-state index is 0.621. The number of hydrogen-bond donors (Lipinski definition) is 0. The summed E-state index contributed by atoms with van der Waals surface area (Å²) >= 11 is 0. The number of benzene rings is 1. The highest BCUT2D eigenvalue weighted by atomic mass is 15.2. The predicted octanol–water partition coefficient (Wildman–Crippen LogP) is 2.27. The van der Waals surface area contributed by atoms with Crippen LogP contribution in [0.4, 0.5) is 0 Å². The lowest BCUT2D eigenvalue weighted by Crippen LogP contribution is -1.88. The van der Waals surface area contributed by atoms with Gasteiger partial charge >= 0.3 is 0 Å². The SMILES string of the molecule is N#Cc1ccccc1-c1cc2ncccn2n1. The van der Waals surface area contributed by atoms with Crippen LogP contribution in [-0.2, 0) is 0 Å². The maximum atomic E-state index is 9.05. The molecule has 1 aromatic carbocycles. The van der Waals surface area contributed by atoms with Crippen LogP contribution in [-0.4, -0.2) is 14.6 Å². The second kappa shape index (κ2) is 3.72. The summed E-state index contributed by atoms with van der Waals surface area (Å²) in [5.74, 6) is 0. The Bertz CT molecular complexity index is 688. The zero-order chi connectivity index (χ0) is 11.7. The highest BCUT2D eigenvalue weighted by Gasteiger charge is 2.08. The van der Waals surface area contributed by atoms with E-state index in [2.05, 4.69) is 16.2 Å². The van der Waals surface area contributed by atoms with E-state index in [0.717, 1.165) is 16.9 Å². The summed E-state index contributed by atoms with van der Waals surface area (Å²) in [4.78, 5) is 4.20. The zero-order valence-corrected chi connectivity index (χ0v) is 8.91. The zero-order valence-electron chi connectivity index (χ0n) is 8.91. The van der Waals surface area contributed by atoms with Crippen molar-refractivity contribution < 1.29 is 0 Å². The molecule has 3 rings (SSSR count). The Hall–Kier alpha value is -2.67. The van der Waals surface area contributed by atoms with E-state index in [1.54, 1.807) is 16.8 Å². The molecule has 0 N–H and O–H groups in total. The van der Waals surface area contributed by atoms with E-state index >= 15 is 0 Å². The molecule has 0 saturated heterocycles. The maximum absolute atomic E-state index is 9.05. The van der Waals surface area contributed by atoms with Gasteiger partial charge in [-0.25, -0.2) is 9.50 Å². The molecular formula is C13H8N4. The number of hydrogen-bond acceptors (Lipinski definition) is 3. The van der Waals surface area contributed by atoms with Gasteiger partial charge in [0.2, 0.25) is 0 Å². The summed E-state index contributed by atoms with van der Waals surface area (Å²) in [6.07, 6.45) is 3.55. The monoisotopic (exact) mass is 220 g/mol. The Kier molecular flexibility index (Phi) is 2.09. The van der Waals surface area contributed by atoms with Crippen molar-refractivity contribution in [3.63, 3.8) is 0 Å². The molecule has 80 valence electrons. The molecule has 4 nitrogen and oxygen atoms in total. The van der Waals surface area contributed by atoms with Crippen LogP contribution in [0, 0.1) is 11.3 Å². The van der Waals surface area contributed by atoms with Gasteiger partial charge in [0, 0.05) is 24.0 Å². The molecule has 4 heteroatoms. The molecule has 0 bridgehead atoms. The molecule has 2 aromatic heterocycles. The Balaban J connectivity index is 2.25. The van der Waals surface area contributed by atoms with Crippen molar-refractivity contribution in [1.82, 2.24) is 14.6 Å². The molecule has 0 spiro atoms. The lowest BCUT2D eigenvalue weighted by Gasteiger charge is -1.97. The van der Waals surface area contributed by atoms with E-state index < -0.39 is 0 Å². The van der Waals surface area contributed by atoms with E-state index in [-0.39, 0.29) is 0 Å². The van der Waals surface area contributed by atoms with Crippen molar-refractivity contribution in [3.05, 3.63) is 54.4 Å². The second-order valence-corrected chi connectivity index (χ2v) is 3.61. The summed E-state index contributed by atoms with van der Waals surface area (Å²) < 4.78 is 1.70. The average molecular weight is 220 g/mol. The predicted molar refractivity (Wildman–Crippen MR) is 63.1 cm³/mol. The van der Waals surface area contributed by atoms with Crippen molar-refractivity contribution in [2.45, 2.75) is 0 Å². The summed E-state index contributed by atoms with van der Waals surface area (Å²) in [5, 5.41) is 13.4. The van der Waals surface area contributed by atoms with Crippen LogP contribution in [0.3, 0.4) is 0 Å². The third-order valence-corrected chi connectivity index (χ3v) is 2.56. The molecule has 0 radical (unpaired) electrons. The number of rotatable bonds is 1. The fraction of sp³-hybridized carbons (Fsp3) is 0. The second-order valence-electron chi connectivity index (χ2n) is 3.61. The topological polar surface area (TPSA) is 54.0 Å². The van der Waals surface area contributed by atoms with Crippen molar-refractivity contribution in [2.75, 3.05) is 0 Å². The van der Waals surface area contributed by atoms with Crippen LogP contribution >= 0.6 is 0 Å². The first kappa shape index (κ1) is 9.55. The van der Waals surface area contributed by atoms with Gasteiger partial charge < -0.3 is 0 Å². The third kappa shape index (κ3) is 1.54. The lowest BCUT2D eigenvalue weighted by molar-refractivity contribution is 0.943. The van der Waals surface area contributed by atoms with E-state index in [0.29, 0.717) is 5.56 Å². The van der Waals surface area contributed by atoms with E-state index in [4.69, 9.17) is 5.26 Å². The van der Waals surface area contributed by atoms with Gasteiger partial charge in [-0.15, -0.1) is 0 Å². The standard InChI is InChI=1S/C13H8N4/c14-9-10-4-1-2-5-11(10)12-8-13-15-6-3-7-17(13)16-12/h1-8H. The van der Waals surface area contributed by atoms with Gasteiger partial charge in [0.15, 0.2) is 5.65 Å². The van der Waals surface area contributed by atoms with Gasteiger partial charge in [-0.2, -0.15) is 10.4 Å². The molecule has 0 aliphatic carbocycles. The van der Waals surface area contributed by atoms with Crippen molar-refractivity contribution in [2.24, 2.45) is 0 Å². The van der Waals surface area contributed by atoms with Crippen molar-refractivity contribution >= 4 is 5.65 Å². The first-order chi connectivity index (χ1) is 8.38. The number of nitrogens with zero attached hydrogens (tertiary/aromatic N) is 4. The highest BCUT2D eigenvalue weighted by molar-refractivity contribution is 5.70. The summed E-state index contributed by atoms with van der Waals surface area (Å²) in [5.41, 5.74) is 2.99. The van der Waals surface area contributed by atoms with Gasteiger partial charge in [0.25, 0.3) is 0 Å². The molecule has 0 saturated carbocycles. The summed E-state index contributed by atoms with van der Waals surface area (Å²) in [6.45, 7) is 0. The number of aromatic nitrogens is 3. The van der Waals surface area contributed by atoms with Crippen LogP contribution < -0.4 is 0 Å². The van der Waals surface area contributed by atoms with Gasteiger partial charge in [0.1, 0.15) is 0 Å². The van der Waals surface area contributed by atoms with Crippen molar-refractivity contribution in [3.8, 4) is 17.3 Å². The smallest absolute Gasteiger partial charge is 0.155 e. The molecule has 2 heterocycles. The quantitative estimate of drug-likeness (QED) is 0.632. The van der Waals surface area contributed by atoms with E-state index in [1.165, 1.54) is 0 Å². The van der Waals surface area contributed by atoms with Crippen molar-refractivity contribution in [1.29, 1.82) is 5.26 Å². The number of fused-ring (bicyclic) bond motifs is 1. The van der Waals surface area contributed by atoms with Crippen LogP contribution in [0.15, 0.2) is 48.8 Å². The average Bonchev–Trinajstić information content (AvgIpc) is 2.82. The maximum Gasteiger partial charge on any atom is 0.155 e. The fourth-order valence-electron chi connectivity index (χ4n) is 1.77. The Labute approximate surface area is 97.8 Å². The molecular weight excluding hydrogens is 212 g/mol. The molecule has 3 aromatic rings. The van der Waals surface area contributed by atoms with Gasteiger partial charge in [0.05, 0.1) is 17.3 Å². The first-order valence-corrected chi connectivity index (χ1v) is 5.18. The molecule has 0 aliphatic rings. The van der Waals surface area contributed by atoms with Crippen LogP contribution in [0.2, 0.25) is 0 Å². The first-order valence-electron chi connectivity index (χ1n) is 5.18. The normalized spacial score (nSPS) is 10.3. The van der Waals surface area contributed by atoms with Crippen LogP contribution in [0.1, 0.15) is 5.56 Å². The molecule has 0 fully saturated rings. The largest absolute Gasteiger partial charge is 0.237 e. The Morgan fingerprint density at radius 2 is 2.06 bits per heavy atom. The Morgan fingerprint density at radius 1 is 1.18 bits per heavy atom. The molecule has 0 amide bonds. The molecule has 0 unspecified atom stereocenters. The van der Waals surface area contributed by atoms with E-state index in [9.17, 15) is 0 Å². The van der Waals surface area contributed by atoms with Gasteiger partial charge in [-0.1, -0.05) is 18.2 Å². The van der Waals surface area contributed by atoms with Crippen LogP contribution in [0.5, 0.6) is 0 Å². The lowest BCUT2D eigenvalue weighted by atomic mass is 10.1. The molecule has 0 aliphatic heterocycles. The summed E-state index contributed by atoms with van der Waals surface area (Å²) in [6, 6.07) is 13.3. The highest BCUT2D eigenvalue weighted by Crippen LogP contribution is 2.22. The number of nitriles is 1. The summed E-state index contributed by atoms with van der Waals surface area (Å²) in [7, 11) is 0. The van der Waals surface area contributed by atoms with Gasteiger partial charge in [-0.3, -0.25) is 0 Å².